The molecule has 0 heterocycles. The van der Waals surface area contributed by atoms with Crippen LogP contribution in [0.15, 0.2) is 0 Å². The summed E-state index contributed by atoms with van der Waals surface area (Å²) in [5, 5.41) is 0. The van der Waals surface area contributed by atoms with Crippen LogP contribution in [0, 0.1) is 5.92 Å². The van der Waals surface area contributed by atoms with Gasteiger partial charge in [0.1, 0.15) is 6.73 Å². The van der Waals surface area contributed by atoms with Crippen LogP contribution in [0.5, 0.6) is 0 Å². The van der Waals surface area contributed by atoms with E-state index in [-0.39, 0.29) is 12.7 Å². The van der Waals surface area contributed by atoms with Crippen LogP contribution in [0.1, 0.15) is 26.7 Å². The first-order valence-corrected chi connectivity index (χ1v) is 3.56. The second-order valence-corrected chi connectivity index (χ2v) is 2.40. The number of rotatable bonds is 4. The maximum atomic E-state index is 10.7. The van der Waals surface area contributed by atoms with Crippen molar-refractivity contribution in [3.8, 4) is 0 Å². The number of ether oxygens (including phenoxy) is 1. The van der Waals surface area contributed by atoms with Gasteiger partial charge in [-0.2, -0.15) is 0 Å². The lowest BCUT2D eigenvalue weighted by Crippen LogP contribution is -2.14. The largest absolute Gasteiger partial charge is 0.450 e. The van der Waals surface area contributed by atoms with E-state index >= 15 is 0 Å². The van der Waals surface area contributed by atoms with E-state index in [4.69, 9.17) is 5.73 Å². The Kier molecular flexibility index (Phi) is 4.94. The maximum absolute atomic E-state index is 10.7. The quantitative estimate of drug-likeness (QED) is 0.472. The number of hydrogen-bond donors (Lipinski definition) is 1. The van der Waals surface area contributed by atoms with Gasteiger partial charge in [-0.3, -0.25) is 10.5 Å². The van der Waals surface area contributed by atoms with Gasteiger partial charge in [-0.15, -0.1) is 0 Å². The summed E-state index contributed by atoms with van der Waals surface area (Å²) in [4.78, 5) is 10.7. The minimum atomic E-state index is -0.197. The van der Waals surface area contributed by atoms with Crippen molar-refractivity contribution in [2.45, 2.75) is 26.7 Å². The number of nitrogens with two attached hydrogens (primary N) is 1. The van der Waals surface area contributed by atoms with E-state index < -0.39 is 0 Å². The lowest BCUT2D eigenvalue weighted by Gasteiger charge is -2.05. The third kappa shape index (κ3) is 4.32. The Morgan fingerprint density at radius 1 is 1.70 bits per heavy atom. The molecule has 60 valence electrons. The van der Waals surface area contributed by atoms with Gasteiger partial charge in [0.05, 0.1) is 0 Å². The van der Waals surface area contributed by atoms with Crippen molar-refractivity contribution in [1.82, 2.24) is 0 Å². The molecule has 0 unspecified atom stereocenters. The van der Waals surface area contributed by atoms with Crippen LogP contribution in [0.4, 0.5) is 0 Å². The fourth-order valence-corrected chi connectivity index (χ4v) is 0.581. The molecule has 0 saturated heterocycles. The molecule has 0 aliphatic rings. The van der Waals surface area contributed by atoms with Gasteiger partial charge < -0.3 is 4.74 Å². The van der Waals surface area contributed by atoms with Gasteiger partial charge in [-0.25, -0.2) is 0 Å². The Morgan fingerprint density at radius 2 is 2.30 bits per heavy atom. The standard InChI is InChI=1S/C7H15NO2/c1-3-6(2)4-7(9)10-5-8/h6H,3-5,8H2,1-2H3/t6-/m0/s1. The van der Waals surface area contributed by atoms with E-state index in [0.717, 1.165) is 6.42 Å². The van der Waals surface area contributed by atoms with Crippen LogP contribution < -0.4 is 5.73 Å². The van der Waals surface area contributed by atoms with Crippen LogP contribution >= 0.6 is 0 Å². The Labute approximate surface area is 61.5 Å². The molecule has 2 N–H and O–H groups in total. The van der Waals surface area contributed by atoms with Crippen LogP contribution in [-0.4, -0.2) is 12.7 Å². The zero-order valence-electron chi connectivity index (χ0n) is 6.59. The molecule has 1 atom stereocenters. The molecule has 0 aliphatic carbocycles. The minimum Gasteiger partial charge on any atom is -0.450 e. The van der Waals surface area contributed by atoms with Crippen molar-refractivity contribution in [3.63, 3.8) is 0 Å². The maximum Gasteiger partial charge on any atom is 0.307 e. The average Bonchev–Trinajstić information content (AvgIpc) is 1.88. The molecular weight excluding hydrogens is 130 g/mol. The van der Waals surface area contributed by atoms with Gasteiger partial charge in [-0.05, 0) is 5.92 Å². The second-order valence-electron chi connectivity index (χ2n) is 2.40. The van der Waals surface area contributed by atoms with Crippen molar-refractivity contribution in [2.75, 3.05) is 6.73 Å². The van der Waals surface area contributed by atoms with Crippen LogP contribution in [0.3, 0.4) is 0 Å². The van der Waals surface area contributed by atoms with Gasteiger partial charge in [0.15, 0.2) is 0 Å². The monoisotopic (exact) mass is 145 g/mol. The lowest BCUT2D eigenvalue weighted by molar-refractivity contribution is -0.144. The number of hydrogen-bond acceptors (Lipinski definition) is 3. The highest BCUT2D eigenvalue weighted by molar-refractivity contribution is 5.69. The first-order chi connectivity index (χ1) is 4.70. The van der Waals surface area contributed by atoms with Crippen molar-refractivity contribution in [3.05, 3.63) is 0 Å². The second kappa shape index (κ2) is 5.23. The molecule has 3 nitrogen and oxygen atoms in total. The van der Waals surface area contributed by atoms with Crippen molar-refractivity contribution >= 4 is 5.97 Å². The smallest absolute Gasteiger partial charge is 0.307 e. The van der Waals surface area contributed by atoms with E-state index in [1.165, 1.54) is 0 Å². The fourth-order valence-electron chi connectivity index (χ4n) is 0.581. The molecule has 0 aromatic carbocycles. The first-order valence-electron chi connectivity index (χ1n) is 3.56. The van der Waals surface area contributed by atoms with E-state index in [0.29, 0.717) is 12.3 Å². The first kappa shape index (κ1) is 9.43. The fraction of sp³-hybridized carbons (Fsp3) is 0.857. The third-order valence-electron chi connectivity index (χ3n) is 1.46. The predicted molar refractivity (Wildman–Crippen MR) is 39.2 cm³/mol. The van der Waals surface area contributed by atoms with Crippen molar-refractivity contribution < 1.29 is 9.53 Å². The summed E-state index contributed by atoms with van der Waals surface area (Å²) in [5.74, 6) is 0.205. The molecule has 0 saturated carbocycles. The molecule has 0 aromatic heterocycles. The Bertz CT molecular complexity index is 104. The molecular formula is C7H15NO2. The zero-order valence-corrected chi connectivity index (χ0v) is 6.59. The highest BCUT2D eigenvalue weighted by atomic mass is 16.5. The zero-order chi connectivity index (χ0) is 7.98. The Balaban J connectivity index is 3.37. The summed E-state index contributed by atoms with van der Waals surface area (Å²) in [6.07, 6.45) is 1.48. The molecule has 0 bridgehead atoms. The molecule has 0 amide bonds. The summed E-state index contributed by atoms with van der Waals surface area (Å²) < 4.78 is 4.55. The average molecular weight is 145 g/mol. The van der Waals surface area contributed by atoms with Gasteiger partial charge in [0, 0.05) is 6.42 Å². The summed E-state index contributed by atoms with van der Waals surface area (Å²) >= 11 is 0. The SMILES string of the molecule is CC[C@H](C)CC(=O)OCN. The van der Waals surface area contributed by atoms with E-state index in [1.54, 1.807) is 0 Å². The number of carbonyl (C=O) groups is 1. The normalized spacial score (nSPS) is 12.7. The highest BCUT2D eigenvalue weighted by Crippen LogP contribution is 2.06. The predicted octanol–water partition coefficient (Wildman–Crippen LogP) is 0.882. The van der Waals surface area contributed by atoms with Crippen LogP contribution in [-0.2, 0) is 9.53 Å². The van der Waals surface area contributed by atoms with E-state index in [2.05, 4.69) is 4.74 Å². The third-order valence-corrected chi connectivity index (χ3v) is 1.46. The summed E-state index contributed by atoms with van der Waals surface area (Å²) in [6.45, 7) is 4.05. The van der Waals surface area contributed by atoms with Gasteiger partial charge in [-0.1, -0.05) is 20.3 Å². The molecule has 0 radical (unpaired) electrons. The highest BCUT2D eigenvalue weighted by Gasteiger charge is 2.06. The van der Waals surface area contributed by atoms with Gasteiger partial charge in [0.25, 0.3) is 0 Å². The molecule has 0 fully saturated rings. The number of carbonyl (C=O) groups excluding carboxylic acids is 1. The Morgan fingerprint density at radius 3 is 2.70 bits per heavy atom. The van der Waals surface area contributed by atoms with Gasteiger partial charge >= 0.3 is 5.97 Å². The number of esters is 1. The topological polar surface area (TPSA) is 52.3 Å². The van der Waals surface area contributed by atoms with Crippen molar-refractivity contribution in [2.24, 2.45) is 11.7 Å². The molecule has 0 spiro atoms. The van der Waals surface area contributed by atoms with Crippen LogP contribution in [0.25, 0.3) is 0 Å². The van der Waals surface area contributed by atoms with E-state index in [1.807, 2.05) is 13.8 Å². The Hall–Kier alpha value is -0.570. The van der Waals surface area contributed by atoms with Gasteiger partial charge in [0.2, 0.25) is 0 Å². The minimum absolute atomic E-state index is 0.00469. The molecule has 10 heavy (non-hydrogen) atoms. The van der Waals surface area contributed by atoms with Crippen LogP contribution in [0.2, 0.25) is 0 Å². The van der Waals surface area contributed by atoms with E-state index in [9.17, 15) is 4.79 Å². The molecule has 3 heteroatoms. The summed E-state index contributed by atoms with van der Waals surface area (Å²) in [6, 6.07) is 0. The molecule has 0 rings (SSSR count). The molecule has 0 aromatic rings. The summed E-state index contributed by atoms with van der Waals surface area (Å²) in [5.41, 5.74) is 5.00. The lowest BCUT2D eigenvalue weighted by atomic mass is 10.1. The molecule has 0 aliphatic heterocycles. The summed E-state index contributed by atoms with van der Waals surface area (Å²) in [7, 11) is 0. The van der Waals surface area contributed by atoms with Crippen molar-refractivity contribution in [1.29, 1.82) is 0 Å².